The van der Waals surface area contributed by atoms with E-state index in [4.69, 9.17) is 37.7 Å². The van der Waals surface area contributed by atoms with Crippen LogP contribution in [0, 0.1) is 6.92 Å². The maximum absolute atomic E-state index is 12.7. The zero-order chi connectivity index (χ0) is 38.0. The van der Waals surface area contributed by atoms with Crippen LogP contribution in [0.5, 0.6) is 40.2 Å². The molecule has 0 radical (unpaired) electrons. The Balaban J connectivity index is 0.948. The minimum absolute atomic E-state index is 0.107. The molecule has 1 aliphatic rings. The molecule has 1 atom stereocenters. The van der Waals surface area contributed by atoms with Gasteiger partial charge in [-0.1, -0.05) is 42.1 Å². The summed E-state index contributed by atoms with van der Waals surface area (Å²) >= 11 is 0. The Morgan fingerprint density at radius 2 is 1.26 bits per heavy atom. The van der Waals surface area contributed by atoms with E-state index < -0.39 is 0 Å². The number of anilines is 1. The summed E-state index contributed by atoms with van der Waals surface area (Å²) in [6.45, 7) is 3.09. The van der Waals surface area contributed by atoms with Gasteiger partial charge in [0, 0.05) is 22.9 Å². The molecule has 1 aromatic heterocycles. The Bertz CT molecular complexity index is 2040. The highest BCUT2D eigenvalue weighted by atomic mass is 16.5. The smallest absolute Gasteiger partial charge is 0.255 e. The number of amides is 1. The molecule has 12 heteroatoms. The lowest BCUT2D eigenvalue weighted by Crippen LogP contribution is -2.38. The second-order valence-electron chi connectivity index (χ2n) is 12.8. The number of unbranched alkanes of at least 4 members (excludes halogenated alkanes) is 4. The number of hydrogen-bond acceptors (Lipinski definition) is 11. The van der Waals surface area contributed by atoms with E-state index in [9.17, 15) is 4.79 Å². The first-order valence-corrected chi connectivity index (χ1v) is 17.9. The van der Waals surface area contributed by atoms with E-state index in [-0.39, 0.29) is 12.1 Å². The van der Waals surface area contributed by atoms with Crippen LogP contribution >= 0.6 is 0 Å². The Morgan fingerprint density at radius 1 is 0.611 bits per heavy atom. The summed E-state index contributed by atoms with van der Waals surface area (Å²) in [5.41, 5.74) is 5.56. The van der Waals surface area contributed by atoms with Crippen molar-refractivity contribution in [1.82, 2.24) is 10.5 Å². The Hall–Kier alpha value is -6.04. The number of aryl methyl sites for hydroxylation is 1. The molecule has 284 valence electrons. The van der Waals surface area contributed by atoms with Gasteiger partial charge in [-0.25, -0.2) is 0 Å². The Morgan fingerprint density at radius 3 is 1.94 bits per heavy atom. The number of rotatable bonds is 18. The quantitative estimate of drug-likeness (QED) is 0.0838. The molecular weight excluding hydrogens is 690 g/mol. The standard InChI is InChI=1S/C42H47N3O9/c1-26-12-15-31-30(20-26)42(46)44-41(43-31)28-14-17-34(36(22-28)48-3)52-18-10-8-7-9-11-19-53-37-21-27(13-16-33(37)47-2)35-25-32(45-54-35)29-23-38(49-4)40(51-6)39(24-29)50-5/h12-17,20-25,41,43H,7-11,18-19H2,1-6H3,(H,44,46). The summed E-state index contributed by atoms with van der Waals surface area (Å²) in [4.78, 5) is 12.7. The summed E-state index contributed by atoms with van der Waals surface area (Å²) in [5.74, 6) is 4.61. The molecular formula is C42H47N3O9. The fourth-order valence-electron chi connectivity index (χ4n) is 6.34. The summed E-state index contributed by atoms with van der Waals surface area (Å²) in [6, 6.07) is 22.7. The zero-order valence-electron chi connectivity index (χ0n) is 31.6. The zero-order valence-corrected chi connectivity index (χ0v) is 31.6. The number of hydrogen-bond donors (Lipinski definition) is 2. The lowest BCUT2D eigenvalue weighted by atomic mass is 10.0. The van der Waals surface area contributed by atoms with Gasteiger partial charge in [0.25, 0.3) is 5.91 Å². The number of carbonyl (C=O) groups excluding carboxylic acids is 1. The van der Waals surface area contributed by atoms with Crippen LogP contribution in [0.1, 0.15) is 59.8 Å². The predicted molar refractivity (Wildman–Crippen MR) is 206 cm³/mol. The van der Waals surface area contributed by atoms with Crippen LogP contribution in [-0.2, 0) is 0 Å². The van der Waals surface area contributed by atoms with Gasteiger partial charge in [-0.3, -0.25) is 4.79 Å². The molecule has 5 aromatic rings. The fourth-order valence-corrected chi connectivity index (χ4v) is 6.34. The average Bonchev–Trinajstić information content (AvgIpc) is 3.70. The SMILES string of the molecule is COc1cc(C2NC(=O)c3cc(C)ccc3N2)ccc1OCCCCCCCOc1cc(-c2cc(-c3cc(OC)c(OC)c(OC)c3)no2)ccc1OC. The topological polar surface area (TPSA) is 132 Å². The van der Waals surface area contributed by atoms with Gasteiger partial charge in [-0.05, 0) is 79.9 Å². The van der Waals surface area contributed by atoms with Crippen molar-refractivity contribution in [1.29, 1.82) is 0 Å². The van der Waals surface area contributed by atoms with Crippen LogP contribution in [0.15, 0.2) is 77.3 Å². The molecule has 1 aliphatic heterocycles. The van der Waals surface area contributed by atoms with Crippen LogP contribution in [-0.4, -0.2) is 59.8 Å². The highest BCUT2D eigenvalue weighted by Gasteiger charge is 2.25. The molecule has 0 bridgehead atoms. The van der Waals surface area contributed by atoms with E-state index in [0.29, 0.717) is 70.5 Å². The maximum Gasteiger partial charge on any atom is 0.255 e. The van der Waals surface area contributed by atoms with Crippen molar-refractivity contribution >= 4 is 11.6 Å². The number of carbonyl (C=O) groups is 1. The normalized spacial score (nSPS) is 13.3. The van der Waals surface area contributed by atoms with Crippen molar-refractivity contribution in [2.75, 3.05) is 54.1 Å². The second-order valence-corrected chi connectivity index (χ2v) is 12.8. The molecule has 54 heavy (non-hydrogen) atoms. The third-order valence-corrected chi connectivity index (χ3v) is 9.24. The first-order chi connectivity index (χ1) is 26.3. The summed E-state index contributed by atoms with van der Waals surface area (Å²) in [7, 11) is 7.95. The summed E-state index contributed by atoms with van der Waals surface area (Å²) < 4.78 is 45.6. The van der Waals surface area contributed by atoms with Crippen LogP contribution in [0.3, 0.4) is 0 Å². The van der Waals surface area contributed by atoms with Gasteiger partial charge in [0.05, 0.1) is 54.3 Å². The van der Waals surface area contributed by atoms with Crippen molar-refractivity contribution in [2.45, 2.75) is 45.2 Å². The number of methoxy groups -OCH3 is 5. The Kier molecular flexibility index (Phi) is 12.3. The molecule has 2 N–H and O–H groups in total. The molecule has 2 heterocycles. The van der Waals surface area contributed by atoms with Gasteiger partial charge in [0.1, 0.15) is 11.9 Å². The van der Waals surface area contributed by atoms with Crippen LogP contribution in [0.25, 0.3) is 22.6 Å². The number of fused-ring (bicyclic) bond motifs is 1. The van der Waals surface area contributed by atoms with Crippen LogP contribution in [0.2, 0.25) is 0 Å². The molecule has 0 saturated carbocycles. The van der Waals surface area contributed by atoms with E-state index >= 15 is 0 Å². The highest BCUT2D eigenvalue weighted by molar-refractivity contribution is 6.02. The molecule has 1 amide bonds. The van der Waals surface area contributed by atoms with E-state index in [1.54, 1.807) is 35.5 Å². The van der Waals surface area contributed by atoms with Crippen molar-refractivity contribution in [3.63, 3.8) is 0 Å². The largest absolute Gasteiger partial charge is 0.493 e. The van der Waals surface area contributed by atoms with Crippen LogP contribution < -0.4 is 43.8 Å². The monoisotopic (exact) mass is 737 g/mol. The maximum atomic E-state index is 12.7. The van der Waals surface area contributed by atoms with Crippen molar-refractivity contribution in [3.8, 4) is 62.8 Å². The van der Waals surface area contributed by atoms with Crippen molar-refractivity contribution in [2.24, 2.45) is 0 Å². The number of nitrogens with one attached hydrogen (secondary N) is 2. The van der Waals surface area contributed by atoms with Crippen molar-refractivity contribution < 1.29 is 42.5 Å². The van der Waals surface area contributed by atoms with Gasteiger partial charge in [-0.15, -0.1) is 0 Å². The number of benzene rings is 4. The van der Waals surface area contributed by atoms with Gasteiger partial charge in [-0.2, -0.15) is 0 Å². The average molecular weight is 738 g/mol. The molecule has 1 unspecified atom stereocenters. The minimum Gasteiger partial charge on any atom is -0.493 e. The fraction of sp³-hybridized carbons (Fsp3) is 0.333. The first kappa shape index (κ1) is 37.7. The van der Waals surface area contributed by atoms with E-state index in [1.807, 2.05) is 79.7 Å². The second kappa shape index (κ2) is 17.7. The van der Waals surface area contributed by atoms with E-state index in [1.165, 1.54) is 0 Å². The summed E-state index contributed by atoms with van der Waals surface area (Å²) in [5, 5.41) is 10.7. The molecule has 0 fully saturated rings. The molecule has 0 saturated heterocycles. The third kappa shape index (κ3) is 8.60. The first-order valence-electron chi connectivity index (χ1n) is 17.9. The van der Waals surface area contributed by atoms with E-state index in [0.717, 1.165) is 60.0 Å². The third-order valence-electron chi connectivity index (χ3n) is 9.24. The number of aromatic nitrogens is 1. The van der Waals surface area contributed by atoms with E-state index in [2.05, 4.69) is 15.8 Å². The minimum atomic E-state index is -0.368. The lowest BCUT2D eigenvalue weighted by Gasteiger charge is -2.28. The van der Waals surface area contributed by atoms with Gasteiger partial charge < -0.3 is 48.3 Å². The van der Waals surface area contributed by atoms with Crippen molar-refractivity contribution in [3.05, 3.63) is 89.5 Å². The lowest BCUT2D eigenvalue weighted by molar-refractivity contribution is 0.0935. The highest BCUT2D eigenvalue weighted by Crippen LogP contribution is 2.42. The molecule has 12 nitrogen and oxygen atoms in total. The molecule has 6 rings (SSSR count). The number of nitrogens with zero attached hydrogens (tertiary/aromatic N) is 1. The molecule has 0 aliphatic carbocycles. The number of ether oxygens (including phenoxy) is 7. The summed E-state index contributed by atoms with van der Waals surface area (Å²) in [6.07, 6.45) is 4.53. The van der Waals surface area contributed by atoms with Crippen LogP contribution in [0.4, 0.5) is 5.69 Å². The molecule has 4 aromatic carbocycles. The van der Waals surface area contributed by atoms with Gasteiger partial charge >= 0.3 is 0 Å². The molecule has 0 spiro atoms. The van der Waals surface area contributed by atoms with Gasteiger partial charge in [0.15, 0.2) is 40.3 Å². The van der Waals surface area contributed by atoms with Gasteiger partial charge in [0.2, 0.25) is 5.75 Å². The predicted octanol–water partition coefficient (Wildman–Crippen LogP) is 8.62. The Labute approximate surface area is 315 Å².